The summed E-state index contributed by atoms with van der Waals surface area (Å²) in [6, 6.07) is 1.26. The molecule has 1 aliphatic heterocycles. The molecule has 0 atom stereocenters. The van der Waals surface area contributed by atoms with Crippen LogP contribution >= 0.6 is 0 Å². The van der Waals surface area contributed by atoms with Gasteiger partial charge in [-0.05, 0) is 0 Å². The maximum absolute atomic E-state index is 11.7. The largest absolute Gasteiger partial charge is 0.379 e. The monoisotopic (exact) mass is 296 g/mol. The SMILES string of the molecule is O=C(CCn1ccc(=O)[nH]c1=O)NCCN1CCOCC1. The van der Waals surface area contributed by atoms with Crippen LogP contribution < -0.4 is 16.6 Å². The molecular formula is C13H20N4O4. The van der Waals surface area contributed by atoms with Gasteiger partial charge in [-0.1, -0.05) is 0 Å². The maximum atomic E-state index is 11.7. The second-order valence-electron chi connectivity index (χ2n) is 4.86. The number of aryl methyl sites for hydroxylation is 1. The number of nitrogens with zero attached hydrogens (tertiary/aromatic N) is 2. The lowest BCUT2D eigenvalue weighted by Crippen LogP contribution is -2.41. The summed E-state index contributed by atoms with van der Waals surface area (Å²) >= 11 is 0. The molecule has 1 fully saturated rings. The van der Waals surface area contributed by atoms with E-state index in [9.17, 15) is 14.4 Å². The molecule has 0 bridgehead atoms. The van der Waals surface area contributed by atoms with Gasteiger partial charge in [0.1, 0.15) is 0 Å². The van der Waals surface area contributed by atoms with Gasteiger partial charge in [-0.3, -0.25) is 19.5 Å². The van der Waals surface area contributed by atoms with Gasteiger partial charge in [0.2, 0.25) is 5.91 Å². The van der Waals surface area contributed by atoms with E-state index in [0.717, 1.165) is 32.8 Å². The highest BCUT2D eigenvalue weighted by Crippen LogP contribution is 1.95. The topological polar surface area (TPSA) is 96.4 Å². The van der Waals surface area contributed by atoms with E-state index in [-0.39, 0.29) is 18.9 Å². The van der Waals surface area contributed by atoms with Gasteiger partial charge in [0.15, 0.2) is 0 Å². The van der Waals surface area contributed by atoms with E-state index < -0.39 is 11.2 Å². The summed E-state index contributed by atoms with van der Waals surface area (Å²) in [5.74, 6) is -0.110. The Labute approximate surface area is 121 Å². The molecule has 116 valence electrons. The van der Waals surface area contributed by atoms with Crippen molar-refractivity contribution >= 4 is 5.91 Å². The first-order valence-corrected chi connectivity index (χ1v) is 7.02. The lowest BCUT2D eigenvalue weighted by Gasteiger charge is -2.26. The van der Waals surface area contributed by atoms with Crippen molar-refractivity contribution in [2.45, 2.75) is 13.0 Å². The van der Waals surface area contributed by atoms with Gasteiger partial charge in [-0.2, -0.15) is 0 Å². The highest BCUT2D eigenvalue weighted by atomic mass is 16.5. The number of carbonyl (C=O) groups is 1. The zero-order valence-electron chi connectivity index (χ0n) is 11.8. The van der Waals surface area contributed by atoms with Gasteiger partial charge in [0, 0.05) is 51.4 Å². The van der Waals surface area contributed by atoms with Crippen LogP contribution in [0.4, 0.5) is 0 Å². The number of aromatic nitrogens is 2. The van der Waals surface area contributed by atoms with E-state index in [0.29, 0.717) is 6.54 Å². The number of hydrogen-bond donors (Lipinski definition) is 2. The Hall–Kier alpha value is -1.93. The Morgan fingerprint density at radius 3 is 2.76 bits per heavy atom. The van der Waals surface area contributed by atoms with Crippen molar-refractivity contribution < 1.29 is 9.53 Å². The summed E-state index contributed by atoms with van der Waals surface area (Å²) in [4.78, 5) is 38.4. The number of morpholine rings is 1. The van der Waals surface area contributed by atoms with Gasteiger partial charge in [-0.25, -0.2) is 4.79 Å². The maximum Gasteiger partial charge on any atom is 0.328 e. The molecule has 0 saturated carbocycles. The molecule has 8 nitrogen and oxygen atoms in total. The average molecular weight is 296 g/mol. The van der Waals surface area contributed by atoms with Crippen molar-refractivity contribution in [2.24, 2.45) is 0 Å². The molecule has 0 spiro atoms. The molecule has 1 saturated heterocycles. The molecule has 2 N–H and O–H groups in total. The summed E-state index contributed by atoms with van der Waals surface area (Å²) in [7, 11) is 0. The molecule has 1 aliphatic rings. The van der Waals surface area contributed by atoms with E-state index in [1.807, 2.05) is 0 Å². The van der Waals surface area contributed by atoms with Crippen molar-refractivity contribution in [3.8, 4) is 0 Å². The number of rotatable bonds is 6. The smallest absolute Gasteiger partial charge is 0.328 e. The number of hydrogen-bond acceptors (Lipinski definition) is 5. The Morgan fingerprint density at radius 2 is 2.05 bits per heavy atom. The minimum absolute atomic E-state index is 0.110. The van der Waals surface area contributed by atoms with E-state index >= 15 is 0 Å². The number of carbonyl (C=O) groups excluding carboxylic acids is 1. The predicted molar refractivity (Wildman–Crippen MR) is 76.2 cm³/mol. The summed E-state index contributed by atoms with van der Waals surface area (Å²) in [5.41, 5.74) is -0.935. The Kier molecular flexibility index (Phi) is 5.70. The van der Waals surface area contributed by atoms with E-state index in [4.69, 9.17) is 4.74 Å². The lowest BCUT2D eigenvalue weighted by molar-refractivity contribution is -0.121. The third-order valence-corrected chi connectivity index (χ3v) is 3.33. The van der Waals surface area contributed by atoms with Crippen LogP contribution in [-0.4, -0.2) is 59.8 Å². The number of H-pyrrole nitrogens is 1. The second kappa shape index (κ2) is 7.75. The average Bonchev–Trinajstić information content (AvgIpc) is 2.47. The first-order chi connectivity index (χ1) is 10.1. The van der Waals surface area contributed by atoms with Crippen molar-refractivity contribution in [1.29, 1.82) is 0 Å². The zero-order chi connectivity index (χ0) is 15.1. The minimum Gasteiger partial charge on any atom is -0.379 e. The Bertz CT molecular complexity index is 574. The molecule has 2 rings (SSSR count). The summed E-state index contributed by atoms with van der Waals surface area (Å²) in [5, 5.41) is 2.82. The van der Waals surface area contributed by atoms with Crippen molar-refractivity contribution in [3.05, 3.63) is 33.1 Å². The molecule has 0 aromatic carbocycles. The van der Waals surface area contributed by atoms with Crippen LogP contribution in [0, 0.1) is 0 Å². The highest BCUT2D eigenvalue weighted by Gasteiger charge is 2.10. The summed E-state index contributed by atoms with van der Waals surface area (Å²) < 4.78 is 6.56. The quantitative estimate of drug-likeness (QED) is 0.657. The van der Waals surface area contributed by atoms with Gasteiger partial charge in [0.25, 0.3) is 5.56 Å². The van der Waals surface area contributed by atoms with Gasteiger partial charge >= 0.3 is 5.69 Å². The van der Waals surface area contributed by atoms with Crippen LogP contribution in [0.5, 0.6) is 0 Å². The number of aromatic amines is 1. The van der Waals surface area contributed by atoms with Gasteiger partial charge in [0.05, 0.1) is 13.2 Å². The molecule has 1 aromatic heterocycles. The van der Waals surface area contributed by atoms with Crippen molar-refractivity contribution in [3.63, 3.8) is 0 Å². The summed E-state index contributed by atoms with van der Waals surface area (Å²) in [6.07, 6.45) is 1.59. The summed E-state index contributed by atoms with van der Waals surface area (Å²) in [6.45, 7) is 4.89. The first kappa shape index (κ1) is 15.5. The number of amides is 1. The fourth-order valence-corrected chi connectivity index (χ4v) is 2.11. The molecule has 8 heteroatoms. The first-order valence-electron chi connectivity index (χ1n) is 7.02. The Morgan fingerprint density at radius 1 is 1.29 bits per heavy atom. The van der Waals surface area contributed by atoms with Gasteiger partial charge < -0.3 is 14.6 Å². The van der Waals surface area contributed by atoms with Crippen LogP contribution in [0.2, 0.25) is 0 Å². The molecule has 2 heterocycles. The minimum atomic E-state index is -0.497. The van der Waals surface area contributed by atoms with Crippen molar-refractivity contribution in [2.75, 3.05) is 39.4 Å². The zero-order valence-corrected chi connectivity index (χ0v) is 11.8. The second-order valence-corrected chi connectivity index (χ2v) is 4.86. The number of ether oxygens (including phenoxy) is 1. The fourth-order valence-electron chi connectivity index (χ4n) is 2.11. The third kappa shape index (κ3) is 5.16. The van der Waals surface area contributed by atoms with E-state index in [2.05, 4.69) is 15.2 Å². The molecule has 1 amide bonds. The normalized spacial score (nSPS) is 15.8. The molecule has 1 aromatic rings. The van der Waals surface area contributed by atoms with Gasteiger partial charge in [-0.15, -0.1) is 0 Å². The highest BCUT2D eigenvalue weighted by molar-refractivity contribution is 5.75. The van der Waals surface area contributed by atoms with E-state index in [1.54, 1.807) is 0 Å². The van der Waals surface area contributed by atoms with E-state index in [1.165, 1.54) is 16.8 Å². The standard InChI is InChI=1S/C13H20N4O4/c18-11(14-3-6-16-7-9-21-10-8-16)1-4-17-5-2-12(19)15-13(17)20/h2,5H,1,3-4,6-10H2,(H,14,18)(H,15,19,20). The number of nitrogens with one attached hydrogen (secondary N) is 2. The molecule has 0 radical (unpaired) electrons. The molecular weight excluding hydrogens is 276 g/mol. The lowest BCUT2D eigenvalue weighted by atomic mass is 10.3. The Balaban J connectivity index is 1.67. The molecule has 0 aliphatic carbocycles. The van der Waals surface area contributed by atoms with Crippen LogP contribution in [-0.2, 0) is 16.1 Å². The van der Waals surface area contributed by atoms with Crippen LogP contribution in [0.3, 0.4) is 0 Å². The fraction of sp³-hybridized carbons (Fsp3) is 0.615. The molecule has 0 unspecified atom stereocenters. The van der Waals surface area contributed by atoms with Crippen LogP contribution in [0.1, 0.15) is 6.42 Å². The third-order valence-electron chi connectivity index (χ3n) is 3.33. The van der Waals surface area contributed by atoms with Crippen LogP contribution in [0.15, 0.2) is 21.9 Å². The van der Waals surface area contributed by atoms with Crippen LogP contribution in [0.25, 0.3) is 0 Å². The molecule has 21 heavy (non-hydrogen) atoms. The predicted octanol–water partition coefficient (Wildman–Crippen LogP) is -1.62. The van der Waals surface area contributed by atoms with Crippen molar-refractivity contribution in [1.82, 2.24) is 19.8 Å².